The number of fused-ring (bicyclic) bond motifs is 4. The number of rotatable bonds is 3. The van der Waals surface area contributed by atoms with E-state index in [1.165, 1.54) is 28.1 Å². The average molecular weight is 335 g/mol. The van der Waals surface area contributed by atoms with Gasteiger partial charge in [0.1, 0.15) is 0 Å². The molecular weight excluding hydrogens is 310 g/mol. The van der Waals surface area contributed by atoms with Gasteiger partial charge in [-0.2, -0.15) is 0 Å². The molecule has 0 aromatic heterocycles. The minimum atomic E-state index is 0.416. The number of nitrogens with one attached hydrogen (secondary N) is 3. The third kappa shape index (κ3) is 2.65. The van der Waals surface area contributed by atoms with Gasteiger partial charge in [-0.15, -0.1) is 5.53 Å². The van der Waals surface area contributed by atoms with Crippen molar-refractivity contribution < 1.29 is 0 Å². The molecule has 2 aliphatic rings. The third-order valence-electron chi connectivity index (χ3n) is 4.86. The normalized spacial score (nSPS) is 16.2. The van der Waals surface area contributed by atoms with Crippen LogP contribution in [-0.4, -0.2) is 24.8 Å². The molecule has 4 rings (SSSR count). The van der Waals surface area contributed by atoms with Crippen molar-refractivity contribution >= 4 is 17.1 Å². The van der Waals surface area contributed by atoms with Crippen LogP contribution in [0.3, 0.4) is 0 Å². The first kappa shape index (κ1) is 16.0. The lowest BCUT2D eigenvalue weighted by molar-refractivity contribution is 0.274. The molecule has 0 saturated heterocycles. The molecule has 0 aliphatic carbocycles. The van der Waals surface area contributed by atoms with Gasteiger partial charge in [-0.1, -0.05) is 42.5 Å². The molecule has 0 amide bonds. The Balaban J connectivity index is 1.99. The van der Waals surface area contributed by atoms with Crippen molar-refractivity contribution in [1.82, 2.24) is 21.3 Å². The lowest BCUT2D eigenvalue weighted by Gasteiger charge is -2.34. The fourth-order valence-electron chi connectivity index (χ4n) is 3.68. The Morgan fingerprint density at radius 2 is 1.76 bits per heavy atom. The highest BCUT2D eigenvalue weighted by Gasteiger charge is 2.31. The molecule has 0 atom stereocenters. The summed E-state index contributed by atoms with van der Waals surface area (Å²) in [6.07, 6.45) is 0. The third-order valence-corrected chi connectivity index (χ3v) is 4.86. The van der Waals surface area contributed by atoms with Gasteiger partial charge in [-0.3, -0.25) is 5.01 Å². The minimum absolute atomic E-state index is 0.416. The van der Waals surface area contributed by atoms with Crippen molar-refractivity contribution in [2.45, 2.75) is 26.4 Å². The Hall–Kier alpha value is -2.50. The average Bonchev–Trinajstić information content (AvgIpc) is 3.01. The maximum absolute atomic E-state index is 3.41. The fraction of sp³-hybridized carbons (Fsp3) is 0.300. The number of para-hydroxylation sites is 1. The molecule has 0 fully saturated rings. The second-order valence-electron chi connectivity index (χ2n) is 6.80. The highest BCUT2D eigenvalue weighted by Crippen LogP contribution is 2.39. The number of nitrogens with zero attached hydrogens (tertiary/aromatic N) is 2. The van der Waals surface area contributed by atoms with Crippen LogP contribution in [-0.2, 0) is 6.54 Å². The highest BCUT2D eigenvalue weighted by molar-refractivity contribution is 5.95. The molecule has 0 unspecified atom stereocenters. The number of benzene rings is 2. The summed E-state index contributed by atoms with van der Waals surface area (Å²) in [7, 11) is 1.96. The highest BCUT2D eigenvalue weighted by atomic mass is 15.7. The maximum atomic E-state index is 3.41. The zero-order valence-corrected chi connectivity index (χ0v) is 15.0. The van der Waals surface area contributed by atoms with Gasteiger partial charge >= 0.3 is 0 Å². The molecule has 25 heavy (non-hydrogen) atoms. The van der Waals surface area contributed by atoms with Crippen LogP contribution in [0, 0.1) is 0 Å². The van der Waals surface area contributed by atoms with E-state index in [0.717, 1.165) is 18.9 Å². The summed E-state index contributed by atoms with van der Waals surface area (Å²) in [5.41, 5.74) is 14.1. The van der Waals surface area contributed by atoms with Crippen molar-refractivity contribution in [1.29, 1.82) is 0 Å². The zero-order chi connectivity index (χ0) is 17.4. The van der Waals surface area contributed by atoms with Gasteiger partial charge in [0.25, 0.3) is 0 Å². The first-order valence-electron chi connectivity index (χ1n) is 8.83. The Bertz CT molecular complexity index is 811. The summed E-state index contributed by atoms with van der Waals surface area (Å²) >= 11 is 0. The van der Waals surface area contributed by atoms with Crippen LogP contribution in [0.25, 0.3) is 11.4 Å². The zero-order valence-electron chi connectivity index (χ0n) is 15.0. The lowest BCUT2D eigenvalue weighted by Crippen LogP contribution is -2.42. The van der Waals surface area contributed by atoms with E-state index in [9.17, 15) is 0 Å². The first-order chi connectivity index (χ1) is 12.2. The molecule has 3 N–H and O–H groups in total. The lowest BCUT2D eigenvalue weighted by atomic mass is 9.95. The second kappa shape index (κ2) is 6.43. The van der Waals surface area contributed by atoms with Gasteiger partial charge in [0.2, 0.25) is 0 Å². The van der Waals surface area contributed by atoms with Crippen molar-refractivity contribution in [3.8, 4) is 0 Å². The molecular formula is C20H25N5. The smallest absolute Gasteiger partial charge is 0.0880 e. The molecule has 2 heterocycles. The summed E-state index contributed by atoms with van der Waals surface area (Å²) in [5, 5.41) is 5.37. The fourth-order valence-corrected chi connectivity index (χ4v) is 3.68. The Kier molecular flexibility index (Phi) is 4.11. The molecule has 0 bridgehead atoms. The van der Waals surface area contributed by atoms with Crippen LogP contribution in [0.4, 0.5) is 5.69 Å². The molecule has 5 nitrogen and oxygen atoms in total. The van der Waals surface area contributed by atoms with Crippen LogP contribution in [0.1, 0.15) is 30.5 Å². The topological polar surface area (TPSA) is 42.6 Å². The summed E-state index contributed by atoms with van der Waals surface area (Å²) in [6, 6.07) is 17.8. The van der Waals surface area contributed by atoms with E-state index in [0.29, 0.717) is 6.04 Å². The van der Waals surface area contributed by atoms with Crippen LogP contribution >= 0.6 is 0 Å². The van der Waals surface area contributed by atoms with Crippen LogP contribution in [0.2, 0.25) is 0 Å². The van der Waals surface area contributed by atoms with Gasteiger partial charge in [-0.05, 0) is 32.5 Å². The number of hydrazine groups is 2. The van der Waals surface area contributed by atoms with E-state index in [1.807, 2.05) is 7.05 Å². The minimum Gasteiger partial charge on any atom is -0.364 e. The van der Waals surface area contributed by atoms with Gasteiger partial charge in [-0.25, -0.2) is 0 Å². The Labute approximate surface area is 149 Å². The summed E-state index contributed by atoms with van der Waals surface area (Å²) < 4.78 is 0. The molecule has 2 aliphatic heterocycles. The Morgan fingerprint density at radius 1 is 1.04 bits per heavy atom. The van der Waals surface area contributed by atoms with E-state index < -0.39 is 0 Å². The van der Waals surface area contributed by atoms with E-state index in [2.05, 4.69) is 88.6 Å². The second-order valence-corrected chi connectivity index (χ2v) is 6.80. The summed E-state index contributed by atoms with van der Waals surface area (Å²) in [5.74, 6) is 0. The number of hydrogen-bond acceptors (Lipinski definition) is 5. The number of anilines is 1. The van der Waals surface area contributed by atoms with Crippen LogP contribution < -0.4 is 21.2 Å². The van der Waals surface area contributed by atoms with Gasteiger partial charge < -0.3 is 15.6 Å². The molecule has 2 aromatic rings. The molecule has 130 valence electrons. The van der Waals surface area contributed by atoms with E-state index in [4.69, 9.17) is 0 Å². The molecule has 0 radical (unpaired) electrons. The van der Waals surface area contributed by atoms with Gasteiger partial charge in [0, 0.05) is 29.4 Å². The molecule has 0 spiro atoms. The van der Waals surface area contributed by atoms with E-state index in [1.54, 1.807) is 0 Å². The Morgan fingerprint density at radius 3 is 2.52 bits per heavy atom. The number of hydrogen-bond donors (Lipinski definition) is 3. The SMILES string of the molecule is CNCN1NNC2=C1c1ccccc1CN(C(C)C)c1ccccc12. The molecule has 2 aromatic carbocycles. The largest absolute Gasteiger partial charge is 0.364 e. The van der Waals surface area contributed by atoms with Crippen molar-refractivity contribution in [2.24, 2.45) is 0 Å². The van der Waals surface area contributed by atoms with Crippen LogP contribution in [0.15, 0.2) is 48.5 Å². The first-order valence-corrected chi connectivity index (χ1v) is 8.83. The standard InChI is InChI=1S/C20H25N5/c1-14(2)24-12-15-8-4-5-9-16(15)20-19(22-23-25(20)13-21-3)17-10-6-7-11-18(17)24/h4-11,14,21-23H,12-13H2,1-3H3. The summed E-state index contributed by atoms with van der Waals surface area (Å²) in [6.45, 7) is 6.12. The quantitative estimate of drug-likeness (QED) is 0.805. The maximum Gasteiger partial charge on any atom is 0.0880 e. The predicted molar refractivity (Wildman–Crippen MR) is 103 cm³/mol. The molecule has 5 heteroatoms. The van der Waals surface area contributed by atoms with Crippen molar-refractivity contribution in [3.63, 3.8) is 0 Å². The predicted octanol–water partition coefficient (Wildman–Crippen LogP) is 2.74. The van der Waals surface area contributed by atoms with E-state index >= 15 is 0 Å². The molecule has 0 saturated carbocycles. The van der Waals surface area contributed by atoms with Gasteiger partial charge in [0.05, 0.1) is 18.1 Å². The van der Waals surface area contributed by atoms with Crippen molar-refractivity contribution in [2.75, 3.05) is 18.6 Å². The van der Waals surface area contributed by atoms with Gasteiger partial charge in [0.15, 0.2) is 0 Å². The summed E-state index contributed by atoms with van der Waals surface area (Å²) in [4.78, 5) is 2.47. The van der Waals surface area contributed by atoms with Crippen molar-refractivity contribution in [3.05, 3.63) is 65.2 Å². The van der Waals surface area contributed by atoms with Crippen LogP contribution in [0.5, 0.6) is 0 Å². The van der Waals surface area contributed by atoms with E-state index in [-0.39, 0.29) is 0 Å². The monoisotopic (exact) mass is 335 g/mol.